The Kier molecular flexibility index (Phi) is 4.49. The summed E-state index contributed by atoms with van der Waals surface area (Å²) in [6.45, 7) is 0. The molecular weight excluding hydrogens is 404 g/mol. The lowest BCUT2D eigenvalue weighted by atomic mass is 9.71. The van der Waals surface area contributed by atoms with E-state index >= 15 is 4.39 Å². The van der Waals surface area contributed by atoms with E-state index < -0.39 is 23.2 Å². The molecule has 8 heteroatoms. The standard InChI is InChI=1S/C19H14Cl2FN3O2.CH4/c20-10-3-1-2-8(16(10)22)15-14-11(5-6-12(14)26)25-19(15)9-4-7-13(21)23-17(9)24-18(19)27;/h1-4,7,11,14-15,25H,5-6H2,(H,23,24,27);1H4/t11-,14-,15-,19-;/m0./s1. The number of carbonyl (C=O) groups excluding carboxylic acids is 2. The molecule has 28 heavy (non-hydrogen) atoms. The summed E-state index contributed by atoms with van der Waals surface area (Å²) in [6, 6.07) is 7.76. The number of carbonyl (C=O) groups is 2. The number of anilines is 1. The van der Waals surface area contributed by atoms with Gasteiger partial charge in [-0.25, -0.2) is 9.37 Å². The summed E-state index contributed by atoms with van der Waals surface area (Å²) in [6.07, 6.45) is 1.01. The first-order valence-electron chi connectivity index (χ1n) is 8.66. The van der Waals surface area contributed by atoms with Crippen molar-refractivity contribution < 1.29 is 14.0 Å². The average Bonchev–Trinajstić information content (AvgIpc) is 3.24. The highest BCUT2D eigenvalue weighted by Crippen LogP contribution is 2.57. The minimum atomic E-state index is -1.29. The molecule has 1 aromatic heterocycles. The Morgan fingerprint density at radius 3 is 2.75 bits per heavy atom. The lowest BCUT2D eigenvalue weighted by Crippen LogP contribution is -2.49. The van der Waals surface area contributed by atoms with Crippen LogP contribution in [0.2, 0.25) is 10.2 Å². The van der Waals surface area contributed by atoms with Crippen molar-refractivity contribution in [2.75, 3.05) is 5.32 Å². The molecule has 0 bridgehead atoms. The van der Waals surface area contributed by atoms with Crippen LogP contribution in [-0.4, -0.2) is 22.7 Å². The van der Waals surface area contributed by atoms with Crippen molar-refractivity contribution in [1.29, 1.82) is 0 Å². The highest BCUT2D eigenvalue weighted by Gasteiger charge is 2.65. The predicted molar refractivity (Wildman–Crippen MR) is 105 cm³/mol. The van der Waals surface area contributed by atoms with Crippen molar-refractivity contribution in [3.8, 4) is 0 Å². The highest BCUT2D eigenvalue weighted by atomic mass is 35.5. The smallest absolute Gasteiger partial charge is 0.251 e. The zero-order chi connectivity index (χ0) is 18.9. The first-order chi connectivity index (χ1) is 12.9. The second-order valence-corrected chi connectivity index (χ2v) is 7.99. The van der Waals surface area contributed by atoms with E-state index in [1.54, 1.807) is 24.3 Å². The Balaban J connectivity index is 0.00000192. The van der Waals surface area contributed by atoms with Gasteiger partial charge >= 0.3 is 0 Å². The number of aromatic nitrogens is 1. The van der Waals surface area contributed by atoms with Crippen molar-refractivity contribution in [2.24, 2.45) is 5.92 Å². The average molecular weight is 422 g/mol. The number of Topliss-reactive ketones (excluding diaryl/α,β-unsaturated/α-hetero) is 1. The fraction of sp³-hybridized carbons (Fsp3) is 0.350. The number of nitrogens with one attached hydrogen (secondary N) is 2. The highest BCUT2D eigenvalue weighted by molar-refractivity contribution is 6.31. The van der Waals surface area contributed by atoms with Crippen molar-refractivity contribution in [1.82, 2.24) is 10.3 Å². The largest absolute Gasteiger partial charge is 0.308 e. The molecule has 4 atom stereocenters. The van der Waals surface area contributed by atoms with Gasteiger partial charge in [-0.1, -0.05) is 42.8 Å². The van der Waals surface area contributed by atoms with Crippen LogP contribution in [0, 0.1) is 11.7 Å². The molecule has 1 amide bonds. The summed E-state index contributed by atoms with van der Waals surface area (Å²) >= 11 is 12.0. The molecule has 146 valence electrons. The fourth-order valence-electron chi connectivity index (χ4n) is 4.92. The summed E-state index contributed by atoms with van der Waals surface area (Å²) in [5.74, 6) is -1.84. The van der Waals surface area contributed by atoms with Gasteiger partial charge in [0.1, 0.15) is 28.1 Å². The molecule has 5 rings (SSSR count). The van der Waals surface area contributed by atoms with E-state index in [0.717, 1.165) is 0 Å². The van der Waals surface area contributed by atoms with E-state index in [0.29, 0.717) is 24.2 Å². The van der Waals surface area contributed by atoms with Crippen molar-refractivity contribution in [2.45, 2.75) is 37.8 Å². The molecule has 1 saturated heterocycles. The van der Waals surface area contributed by atoms with E-state index in [9.17, 15) is 9.59 Å². The Bertz CT molecular complexity index is 1010. The molecule has 2 fully saturated rings. The Morgan fingerprint density at radius 1 is 1.18 bits per heavy atom. The predicted octanol–water partition coefficient (Wildman–Crippen LogP) is 4.05. The van der Waals surface area contributed by atoms with Crippen LogP contribution >= 0.6 is 23.2 Å². The zero-order valence-electron chi connectivity index (χ0n) is 13.9. The van der Waals surface area contributed by atoms with Crippen LogP contribution < -0.4 is 10.6 Å². The lowest BCUT2D eigenvalue weighted by molar-refractivity contribution is -0.123. The minimum Gasteiger partial charge on any atom is -0.308 e. The number of pyridine rings is 1. The fourth-order valence-corrected chi connectivity index (χ4v) is 5.25. The molecule has 0 radical (unpaired) electrons. The first-order valence-corrected chi connectivity index (χ1v) is 9.42. The van der Waals surface area contributed by atoms with Crippen molar-refractivity contribution >= 4 is 40.7 Å². The summed E-state index contributed by atoms with van der Waals surface area (Å²) in [7, 11) is 0. The Hall–Kier alpha value is -2.02. The normalized spacial score (nSPS) is 30.2. The van der Waals surface area contributed by atoms with Crippen LogP contribution in [0.25, 0.3) is 0 Å². The summed E-state index contributed by atoms with van der Waals surface area (Å²) in [5.41, 5.74) is -0.455. The van der Waals surface area contributed by atoms with Gasteiger partial charge in [0.05, 0.1) is 5.02 Å². The van der Waals surface area contributed by atoms with Crippen LogP contribution in [0.15, 0.2) is 30.3 Å². The molecule has 1 aliphatic carbocycles. The Labute approximate surface area is 171 Å². The number of halogens is 3. The van der Waals surface area contributed by atoms with Crippen molar-refractivity contribution in [3.05, 3.63) is 57.5 Å². The summed E-state index contributed by atoms with van der Waals surface area (Å²) in [4.78, 5) is 30.0. The monoisotopic (exact) mass is 421 g/mol. The molecule has 1 saturated carbocycles. The van der Waals surface area contributed by atoms with Crippen LogP contribution in [0.4, 0.5) is 10.2 Å². The van der Waals surface area contributed by atoms with Gasteiger partial charge in [0, 0.05) is 29.9 Å². The van der Waals surface area contributed by atoms with Gasteiger partial charge in [-0.05, 0) is 30.2 Å². The molecular formula is C20H18Cl2FN3O2. The first kappa shape index (κ1) is 19.3. The number of amides is 1. The maximum absolute atomic E-state index is 15.0. The SMILES string of the molecule is C.O=C1CC[C@@H]2N[C@]3(C(=O)Nc4nc(Cl)ccc43)[C@@H](c3cccc(Cl)c3F)[C@H]12. The number of nitrogens with zero attached hydrogens (tertiary/aromatic N) is 1. The quantitative estimate of drug-likeness (QED) is 0.681. The topological polar surface area (TPSA) is 71.1 Å². The molecule has 2 N–H and O–H groups in total. The van der Waals surface area contributed by atoms with E-state index in [1.807, 2.05) is 0 Å². The maximum Gasteiger partial charge on any atom is 0.251 e. The van der Waals surface area contributed by atoms with Crippen LogP contribution in [0.1, 0.15) is 37.3 Å². The van der Waals surface area contributed by atoms with Crippen LogP contribution in [0.5, 0.6) is 0 Å². The van der Waals surface area contributed by atoms with Gasteiger partial charge in [0.15, 0.2) is 0 Å². The molecule has 3 heterocycles. The van der Waals surface area contributed by atoms with E-state index in [2.05, 4.69) is 15.6 Å². The molecule has 2 aliphatic heterocycles. The number of ketones is 1. The van der Waals surface area contributed by atoms with E-state index in [4.69, 9.17) is 23.2 Å². The Morgan fingerprint density at radius 2 is 1.96 bits per heavy atom. The number of hydrogen-bond acceptors (Lipinski definition) is 4. The minimum absolute atomic E-state index is 0. The van der Waals surface area contributed by atoms with Gasteiger partial charge < -0.3 is 5.32 Å². The lowest BCUT2D eigenvalue weighted by Gasteiger charge is -2.32. The molecule has 5 nitrogen and oxygen atoms in total. The molecule has 2 aromatic rings. The molecule has 1 spiro atoms. The van der Waals surface area contributed by atoms with Gasteiger partial charge in [-0.2, -0.15) is 0 Å². The van der Waals surface area contributed by atoms with Crippen LogP contribution in [-0.2, 0) is 15.1 Å². The third kappa shape index (κ3) is 2.38. The number of hydrogen-bond donors (Lipinski definition) is 2. The maximum atomic E-state index is 15.0. The second-order valence-electron chi connectivity index (χ2n) is 7.19. The number of fused-ring (bicyclic) bond motifs is 3. The van der Waals surface area contributed by atoms with E-state index in [-0.39, 0.29) is 40.9 Å². The molecule has 1 aromatic carbocycles. The van der Waals surface area contributed by atoms with Gasteiger partial charge in [-0.15, -0.1) is 0 Å². The third-order valence-electron chi connectivity index (χ3n) is 5.94. The van der Waals surface area contributed by atoms with Gasteiger partial charge in [0.25, 0.3) is 5.91 Å². The molecule has 3 aliphatic rings. The zero-order valence-corrected chi connectivity index (χ0v) is 15.4. The molecule has 0 unspecified atom stereocenters. The van der Waals surface area contributed by atoms with Crippen molar-refractivity contribution in [3.63, 3.8) is 0 Å². The van der Waals surface area contributed by atoms with Gasteiger partial charge in [-0.3, -0.25) is 14.9 Å². The third-order valence-corrected chi connectivity index (χ3v) is 6.44. The van der Waals surface area contributed by atoms with Crippen LogP contribution in [0.3, 0.4) is 0 Å². The number of rotatable bonds is 1. The number of benzene rings is 1. The summed E-state index contributed by atoms with van der Waals surface area (Å²) < 4.78 is 15.0. The van der Waals surface area contributed by atoms with Gasteiger partial charge in [0.2, 0.25) is 0 Å². The second kappa shape index (κ2) is 6.51. The summed E-state index contributed by atoms with van der Waals surface area (Å²) in [5, 5.41) is 6.30. The van der Waals surface area contributed by atoms with E-state index in [1.165, 1.54) is 6.07 Å².